The van der Waals surface area contributed by atoms with Crippen LogP contribution in [0.1, 0.15) is 12.5 Å². The molecule has 0 saturated heterocycles. The van der Waals surface area contributed by atoms with E-state index in [1.165, 1.54) is 61.0 Å². The fourth-order valence-electron chi connectivity index (χ4n) is 3.49. The number of hydrogen-bond donors (Lipinski definition) is 4. The molecule has 2 aromatic carbocycles. The first-order chi connectivity index (χ1) is 15.7. The van der Waals surface area contributed by atoms with E-state index in [1.54, 1.807) is 6.07 Å². The number of fused-ring (bicyclic) bond motifs is 1. The third kappa shape index (κ3) is 3.85. The van der Waals surface area contributed by atoms with Crippen LogP contribution in [0.5, 0.6) is 11.5 Å². The van der Waals surface area contributed by atoms with Crippen molar-refractivity contribution >= 4 is 34.3 Å². The minimum absolute atomic E-state index is 0.00956. The molecule has 33 heavy (non-hydrogen) atoms. The summed E-state index contributed by atoms with van der Waals surface area (Å²) in [6.07, 6.45) is 0. The van der Waals surface area contributed by atoms with Gasteiger partial charge in [0, 0.05) is 17.7 Å². The number of benzene rings is 2. The zero-order chi connectivity index (χ0) is 23.9. The van der Waals surface area contributed by atoms with Gasteiger partial charge in [0.1, 0.15) is 27.7 Å². The van der Waals surface area contributed by atoms with Crippen molar-refractivity contribution in [3.63, 3.8) is 0 Å². The molecule has 10 heteroatoms. The average molecular weight is 467 g/mol. The number of hydrogen-bond acceptors (Lipinski definition) is 8. The Bertz CT molecular complexity index is 1530. The molecule has 0 unspecified atom stereocenters. The minimum atomic E-state index is -0.930. The lowest BCUT2D eigenvalue weighted by atomic mass is 10.1. The molecule has 0 spiro atoms. The van der Waals surface area contributed by atoms with Crippen LogP contribution < -0.4 is 16.5 Å². The van der Waals surface area contributed by atoms with Crippen molar-refractivity contribution in [2.24, 2.45) is 0 Å². The SMILES string of the molecule is CNc1c(C(C)=N)c2oc(=O)c(Sc3cccc(F)c3)c(O)c2c(=O)n1-c1ccc(O)cc1. The first-order valence-electron chi connectivity index (χ1n) is 9.67. The van der Waals surface area contributed by atoms with E-state index >= 15 is 0 Å². The van der Waals surface area contributed by atoms with Gasteiger partial charge in [0.25, 0.3) is 5.56 Å². The van der Waals surface area contributed by atoms with E-state index in [0.29, 0.717) is 10.6 Å². The van der Waals surface area contributed by atoms with E-state index < -0.39 is 22.8 Å². The number of aromatic nitrogens is 1. The summed E-state index contributed by atoms with van der Waals surface area (Å²) in [6, 6.07) is 11.2. The molecular formula is C23H18FN3O5S. The smallest absolute Gasteiger partial charge is 0.354 e. The second kappa shape index (κ2) is 8.47. The monoisotopic (exact) mass is 467 g/mol. The van der Waals surface area contributed by atoms with Gasteiger partial charge in [0.2, 0.25) is 0 Å². The molecule has 0 bridgehead atoms. The number of phenols is 1. The molecule has 4 N–H and O–H groups in total. The fourth-order valence-corrected chi connectivity index (χ4v) is 4.36. The Hall–Kier alpha value is -4.05. The lowest BCUT2D eigenvalue weighted by molar-refractivity contribution is 0.446. The number of nitrogens with zero attached hydrogens (tertiary/aromatic N) is 1. The van der Waals surface area contributed by atoms with E-state index in [1.807, 2.05) is 0 Å². The molecule has 0 radical (unpaired) electrons. The van der Waals surface area contributed by atoms with Crippen molar-refractivity contribution in [1.29, 1.82) is 5.41 Å². The van der Waals surface area contributed by atoms with Crippen molar-refractivity contribution in [3.05, 3.63) is 80.7 Å². The van der Waals surface area contributed by atoms with Crippen LogP contribution in [0.15, 0.2) is 72.3 Å². The number of rotatable bonds is 5. The molecule has 4 rings (SSSR count). The van der Waals surface area contributed by atoms with Crippen LogP contribution in [0.3, 0.4) is 0 Å². The third-order valence-corrected chi connectivity index (χ3v) is 5.95. The van der Waals surface area contributed by atoms with Gasteiger partial charge in [-0.25, -0.2) is 9.18 Å². The van der Waals surface area contributed by atoms with Gasteiger partial charge in [0.15, 0.2) is 11.3 Å². The second-order valence-electron chi connectivity index (χ2n) is 7.09. The highest BCUT2D eigenvalue weighted by Gasteiger charge is 2.26. The maximum Gasteiger partial charge on any atom is 0.354 e. The highest BCUT2D eigenvalue weighted by molar-refractivity contribution is 7.99. The number of halogens is 1. The van der Waals surface area contributed by atoms with Gasteiger partial charge >= 0.3 is 5.63 Å². The summed E-state index contributed by atoms with van der Waals surface area (Å²) >= 11 is 0.760. The number of anilines is 1. The number of nitrogens with one attached hydrogen (secondary N) is 2. The van der Waals surface area contributed by atoms with Gasteiger partial charge in [0.05, 0.1) is 11.3 Å². The molecule has 0 aliphatic heterocycles. The van der Waals surface area contributed by atoms with Gasteiger partial charge in [-0.1, -0.05) is 17.8 Å². The molecule has 0 saturated carbocycles. The molecule has 168 valence electrons. The van der Waals surface area contributed by atoms with Gasteiger partial charge in [-0.2, -0.15) is 0 Å². The Labute approximate surface area is 190 Å². The van der Waals surface area contributed by atoms with E-state index in [-0.39, 0.29) is 38.7 Å². The summed E-state index contributed by atoms with van der Waals surface area (Å²) in [4.78, 5) is 26.4. The van der Waals surface area contributed by atoms with Crippen molar-refractivity contribution in [2.75, 3.05) is 12.4 Å². The summed E-state index contributed by atoms with van der Waals surface area (Å²) in [5.41, 5.74) is -1.46. The molecular weight excluding hydrogens is 449 g/mol. The molecule has 0 atom stereocenters. The van der Waals surface area contributed by atoms with Crippen LogP contribution >= 0.6 is 11.8 Å². The number of pyridine rings is 1. The molecule has 0 amide bonds. The van der Waals surface area contributed by atoms with Crippen molar-refractivity contribution in [2.45, 2.75) is 16.7 Å². The number of aromatic hydroxyl groups is 2. The van der Waals surface area contributed by atoms with Gasteiger partial charge < -0.3 is 25.4 Å². The lowest BCUT2D eigenvalue weighted by Crippen LogP contribution is -2.25. The van der Waals surface area contributed by atoms with Crippen molar-refractivity contribution < 1.29 is 19.0 Å². The lowest BCUT2D eigenvalue weighted by Gasteiger charge is -2.19. The van der Waals surface area contributed by atoms with Crippen LogP contribution in [-0.4, -0.2) is 27.5 Å². The first kappa shape index (κ1) is 22.2. The fraction of sp³-hybridized carbons (Fsp3) is 0.0870. The summed E-state index contributed by atoms with van der Waals surface area (Å²) in [6.45, 7) is 1.45. The molecule has 0 aliphatic carbocycles. The average Bonchev–Trinajstić information content (AvgIpc) is 2.76. The van der Waals surface area contributed by atoms with E-state index in [9.17, 15) is 24.2 Å². The molecule has 2 heterocycles. The third-order valence-electron chi connectivity index (χ3n) is 4.90. The van der Waals surface area contributed by atoms with Gasteiger partial charge in [-0.05, 0) is 49.4 Å². The summed E-state index contributed by atoms with van der Waals surface area (Å²) in [7, 11) is 1.54. The summed E-state index contributed by atoms with van der Waals surface area (Å²) in [5, 5.41) is 31.4. The quantitative estimate of drug-likeness (QED) is 0.326. The largest absolute Gasteiger partial charge is 0.508 e. The Morgan fingerprint density at radius 3 is 2.45 bits per heavy atom. The molecule has 0 fully saturated rings. The number of phenolic OH excluding ortho intramolecular Hbond substituents is 1. The first-order valence-corrected chi connectivity index (χ1v) is 10.5. The van der Waals surface area contributed by atoms with E-state index in [2.05, 4.69) is 5.32 Å². The summed E-state index contributed by atoms with van der Waals surface area (Å²) < 4.78 is 20.3. The van der Waals surface area contributed by atoms with Crippen LogP contribution in [0.25, 0.3) is 16.7 Å². The van der Waals surface area contributed by atoms with Gasteiger partial charge in [-0.3, -0.25) is 9.36 Å². The topological polar surface area (TPSA) is 129 Å². The van der Waals surface area contributed by atoms with Crippen LogP contribution in [-0.2, 0) is 0 Å². The summed E-state index contributed by atoms with van der Waals surface area (Å²) in [5.74, 6) is -0.999. The van der Waals surface area contributed by atoms with Crippen molar-refractivity contribution in [3.8, 4) is 17.2 Å². The van der Waals surface area contributed by atoms with Crippen LogP contribution in [0, 0.1) is 11.2 Å². The zero-order valence-corrected chi connectivity index (χ0v) is 18.3. The molecule has 4 aromatic rings. The predicted molar refractivity (Wildman–Crippen MR) is 124 cm³/mol. The predicted octanol–water partition coefficient (Wildman–Crippen LogP) is 4.07. The van der Waals surface area contributed by atoms with Crippen LogP contribution in [0.4, 0.5) is 10.2 Å². The maximum atomic E-state index is 13.6. The Kier molecular flexibility index (Phi) is 5.69. The van der Waals surface area contributed by atoms with E-state index in [0.717, 1.165) is 11.8 Å². The Morgan fingerprint density at radius 2 is 1.85 bits per heavy atom. The zero-order valence-electron chi connectivity index (χ0n) is 17.5. The van der Waals surface area contributed by atoms with Crippen molar-refractivity contribution in [1.82, 2.24) is 4.57 Å². The highest BCUT2D eigenvalue weighted by atomic mass is 32.2. The van der Waals surface area contributed by atoms with Gasteiger partial charge in [-0.15, -0.1) is 0 Å². The Balaban J connectivity index is 2.11. The van der Waals surface area contributed by atoms with E-state index in [4.69, 9.17) is 9.83 Å². The standard InChI is InChI=1S/C23H18FN3O5S/c1-11(25)16-19-17(22(30)27(21(16)26-2)13-6-8-14(28)9-7-13)18(29)20(23(31)32-19)33-15-5-3-4-12(24)10-15/h3-10,25-26,28-29H,1-2H3. The molecule has 2 aromatic heterocycles. The normalized spacial score (nSPS) is 11.0. The maximum absolute atomic E-state index is 13.6. The molecule has 0 aliphatic rings. The highest BCUT2D eigenvalue weighted by Crippen LogP contribution is 2.38. The van der Waals surface area contributed by atoms with Crippen LogP contribution in [0.2, 0.25) is 0 Å². The Morgan fingerprint density at radius 1 is 1.15 bits per heavy atom. The molecule has 8 nitrogen and oxygen atoms in total. The minimum Gasteiger partial charge on any atom is -0.508 e. The second-order valence-corrected chi connectivity index (χ2v) is 8.17.